The highest BCUT2D eigenvalue weighted by atomic mass is 14.3. The van der Waals surface area contributed by atoms with Gasteiger partial charge in [0, 0.05) is 0 Å². The van der Waals surface area contributed by atoms with E-state index in [9.17, 15) is 0 Å². The summed E-state index contributed by atoms with van der Waals surface area (Å²) < 4.78 is 0. The van der Waals surface area contributed by atoms with Gasteiger partial charge in [-0.15, -0.1) is 0 Å². The van der Waals surface area contributed by atoms with E-state index >= 15 is 0 Å². The van der Waals surface area contributed by atoms with Gasteiger partial charge in [-0.1, -0.05) is 55.1 Å². The van der Waals surface area contributed by atoms with Gasteiger partial charge in [0.1, 0.15) is 0 Å². The van der Waals surface area contributed by atoms with E-state index in [1.54, 1.807) is 0 Å². The Balaban J connectivity index is 1.70. The average Bonchev–Trinajstić information content (AvgIpc) is 3.09. The molecule has 3 aromatic carbocycles. The minimum absolute atomic E-state index is 1.04. The molecule has 0 fully saturated rings. The maximum absolute atomic E-state index is 3.88. The Labute approximate surface area is 130 Å². The number of benzene rings is 3. The van der Waals surface area contributed by atoms with Crippen LogP contribution in [0.25, 0.3) is 28.3 Å². The third-order valence-corrected chi connectivity index (χ3v) is 5.05. The SMILES string of the molecule is C=Cc1ccc2c(c1)Cc1cc3c(cc1-2)Cc1ccccc1-3. The topological polar surface area (TPSA) is 0 Å². The van der Waals surface area contributed by atoms with Crippen LogP contribution in [-0.4, -0.2) is 0 Å². The fraction of sp³-hybridized carbons (Fsp3) is 0.0909. The van der Waals surface area contributed by atoms with Crippen LogP contribution in [0.2, 0.25) is 0 Å². The highest BCUT2D eigenvalue weighted by Gasteiger charge is 2.24. The first-order valence-corrected chi connectivity index (χ1v) is 7.83. The second-order valence-electron chi connectivity index (χ2n) is 6.30. The average molecular weight is 280 g/mol. The van der Waals surface area contributed by atoms with Gasteiger partial charge in [0.25, 0.3) is 0 Å². The molecule has 0 nitrogen and oxygen atoms in total. The molecule has 5 rings (SSSR count). The van der Waals surface area contributed by atoms with Crippen LogP contribution >= 0.6 is 0 Å². The highest BCUT2D eigenvalue weighted by Crippen LogP contribution is 2.44. The summed E-state index contributed by atoms with van der Waals surface area (Å²) in [4.78, 5) is 0. The Morgan fingerprint density at radius 2 is 1.27 bits per heavy atom. The third kappa shape index (κ3) is 1.52. The first kappa shape index (κ1) is 12.0. The van der Waals surface area contributed by atoms with Gasteiger partial charge in [0.05, 0.1) is 0 Å². The lowest BCUT2D eigenvalue weighted by Gasteiger charge is -2.06. The van der Waals surface area contributed by atoms with E-state index in [2.05, 4.69) is 61.2 Å². The third-order valence-electron chi connectivity index (χ3n) is 5.05. The molecule has 0 radical (unpaired) electrons. The Morgan fingerprint density at radius 1 is 0.636 bits per heavy atom. The molecule has 0 unspecified atom stereocenters. The number of hydrogen-bond donors (Lipinski definition) is 0. The minimum Gasteiger partial charge on any atom is -0.0985 e. The van der Waals surface area contributed by atoms with Crippen molar-refractivity contribution in [1.82, 2.24) is 0 Å². The smallest absolute Gasteiger partial charge is 0.00130 e. The van der Waals surface area contributed by atoms with Gasteiger partial charge in [-0.25, -0.2) is 0 Å². The molecule has 2 aliphatic carbocycles. The van der Waals surface area contributed by atoms with Gasteiger partial charge in [-0.05, 0) is 75.0 Å². The summed E-state index contributed by atoms with van der Waals surface area (Å²) in [5.74, 6) is 0. The van der Waals surface area contributed by atoms with E-state index in [0.29, 0.717) is 0 Å². The zero-order chi connectivity index (χ0) is 14.7. The van der Waals surface area contributed by atoms with Crippen molar-refractivity contribution in [3.05, 3.63) is 89.0 Å². The van der Waals surface area contributed by atoms with Crippen LogP contribution in [0.15, 0.2) is 61.2 Å². The van der Waals surface area contributed by atoms with Crippen molar-refractivity contribution in [3.8, 4) is 22.3 Å². The largest absolute Gasteiger partial charge is 0.0985 e. The summed E-state index contributed by atoms with van der Waals surface area (Å²) in [5, 5.41) is 0. The van der Waals surface area contributed by atoms with Crippen molar-refractivity contribution in [2.24, 2.45) is 0 Å². The van der Waals surface area contributed by atoms with Crippen molar-refractivity contribution in [2.75, 3.05) is 0 Å². The van der Waals surface area contributed by atoms with Gasteiger partial charge in [0.15, 0.2) is 0 Å². The molecule has 3 aromatic rings. The predicted molar refractivity (Wildman–Crippen MR) is 93.0 cm³/mol. The van der Waals surface area contributed by atoms with Gasteiger partial charge >= 0.3 is 0 Å². The Hall–Kier alpha value is -2.60. The molecule has 0 saturated heterocycles. The van der Waals surface area contributed by atoms with E-state index in [1.807, 2.05) is 6.08 Å². The maximum Gasteiger partial charge on any atom is -0.00130 e. The molecular formula is C22H16. The summed E-state index contributed by atoms with van der Waals surface area (Å²) in [6.45, 7) is 3.88. The lowest BCUT2D eigenvalue weighted by molar-refractivity contribution is 1.24. The molecule has 0 aromatic heterocycles. The molecule has 2 aliphatic rings. The molecule has 104 valence electrons. The molecule has 0 atom stereocenters. The Kier molecular flexibility index (Phi) is 2.29. The van der Waals surface area contributed by atoms with Gasteiger partial charge < -0.3 is 0 Å². The quantitative estimate of drug-likeness (QED) is 0.382. The molecule has 22 heavy (non-hydrogen) atoms. The second-order valence-corrected chi connectivity index (χ2v) is 6.30. The lowest BCUT2D eigenvalue weighted by Crippen LogP contribution is -1.85. The van der Waals surface area contributed by atoms with E-state index in [0.717, 1.165) is 12.8 Å². The zero-order valence-corrected chi connectivity index (χ0v) is 12.4. The van der Waals surface area contributed by atoms with Crippen molar-refractivity contribution in [3.63, 3.8) is 0 Å². The number of hydrogen-bond acceptors (Lipinski definition) is 0. The minimum atomic E-state index is 1.04. The van der Waals surface area contributed by atoms with Gasteiger partial charge in [-0.3, -0.25) is 0 Å². The fourth-order valence-electron chi connectivity index (χ4n) is 3.98. The van der Waals surface area contributed by atoms with Crippen LogP contribution in [0.4, 0.5) is 0 Å². The summed E-state index contributed by atoms with van der Waals surface area (Å²) >= 11 is 0. The predicted octanol–water partition coefficient (Wildman–Crippen LogP) is 5.47. The molecule has 0 amide bonds. The molecule has 0 heteroatoms. The molecule has 0 bridgehead atoms. The second kappa shape index (κ2) is 4.20. The van der Waals surface area contributed by atoms with E-state index < -0.39 is 0 Å². The summed E-state index contributed by atoms with van der Waals surface area (Å²) in [6, 6.07) is 20.3. The number of fused-ring (bicyclic) bond motifs is 6. The zero-order valence-electron chi connectivity index (χ0n) is 12.4. The molecule has 0 N–H and O–H groups in total. The summed E-state index contributed by atoms with van der Waals surface area (Å²) in [5.41, 5.74) is 12.7. The normalized spacial score (nSPS) is 13.3. The van der Waals surface area contributed by atoms with Crippen LogP contribution in [0.5, 0.6) is 0 Å². The monoisotopic (exact) mass is 280 g/mol. The van der Waals surface area contributed by atoms with Crippen molar-refractivity contribution >= 4 is 6.08 Å². The first-order chi connectivity index (χ1) is 10.8. The van der Waals surface area contributed by atoms with Crippen LogP contribution in [-0.2, 0) is 12.8 Å². The Bertz CT molecular complexity index is 944. The first-order valence-electron chi connectivity index (χ1n) is 7.83. The van der Waals surface area contributed by atoms with E-state index in [4.69, 9.17) is 0 Å². The lowest BCUT2D eigenvalue weighted by atomic mass is 9.98. The summed E-state index contributed by atoms with van der Waals surface area (Å²) in [7, 11) is 0. The molecule has 0 saturated carbocycles. The fourth-order valence-corrected chi connectivity index (χ4v) is 3.98. The van der Waals surface area contributed by atoms with E-state index in [-0.39, 0.29) is 0 Å². The van der Waals surface area contributed by atoms with Crippen LogP contribution in [0.1, 0.15) is 27.8 Å². The molecule has 0 heterocycles. The van der Waals surface area contributed by atoms with Crippen molar-refractivity contribution in [2.45, 2.75) is 12.8 Å². The van der Waals surface area contributed by atoms with Crippen LogP contribution in [0.3, 0.4) is 0 Å². The standard InChI is InChI=1S/C22H16/c1-2-14-7-8-20-16(9-14)11-18-13-21-17(12-22(18)20)10-15-5-3-4-6-19(15)21/h2-9,12-13H,1,10-11H2. The molecule has 0 spiro atoms. The van der Waals surface area contributed by atoms with Crippen molar-refractivity contribution in [1.29, 1.82) is 0 Å². The molecule has 0 aliphatic heterocycles. The van der Waals surface area contributed by atoms with E-state index in [1.165, 1.54) is 50.1 Å². The maximum atomic E-state index is 3.88. The van der Waals surface area contributed by atoms with Gasteiger partial charge in [0.2, 0.25) is 0 Å². The van der Waals surface area contributed by atoms with Crippen LogP contribution in [0, 0.1) is 0 Å². The van der Waals surface area contributed by atoms with Crippen molar-refractivity contribution < 1.29 is 0 Å². The van der Waals surface area contributed by atoms with Gasteiger partial charge in [-0.2, -0.15) is 0 Å². The summed E-state index contributed by atoms with van der Waals surface area (Å²) in [6.07, 6.45) is 4.04. The molecular weight excluding hydrogens is 264 g/mol. The highest BCUT2D eigenvalue weighted by molar-refractivity contribution is 5.85. The Morgan fingerprint density at radius 3 is 2.05 bits per heavy atom. The van der Waals surface area contributed by atoms with Crippen LogP contribution < -0.4 is 0 Å². The number of rotatable bonds is 1.